The van der Waals surface area contributed by atoms with Crippen molar-refractivity contribution in [3.8, 4) is 0 Å². The summed E-state index contributed by atoms with van der Waals surface area (Å²) in [5.74, 6) is 1.46. The monoisotopic (exact) mass is 538 g/mol. The Balaban J connectivity index is 2.19. The second kappa shape index (κ2) is 17.1. The lowest BCUT2D eigenvalue weighted by Gasteiger charge is -2.15. The maximum Gasteiger partial charge on any atom is 0.164 e. The van der Waals surface area contributed by atoms with Gasteiger partial charge in [0.2, 0.25) is 0 Å². The van der Waals surface area contributed by atoms with E-state index in [0.717, 1.165) is 52.5 Å². The fourth-order valence-electron chi connectivity index (χ4n) is 4.33. The second-order valence-corrected chi connectivity index (χ2v) is 11.2. The molecule has 0 aliphatic rings. The van der Waals surface area contributed by atoms with Crippen LogP contribution in [-0.4, -0.2) is 19.7 Å². The summed E-state index contributed by atoms with van der Waals surface area (Å²) in [6, 6.07) is 0.238. The van der Waals surface area contributed by atoms with E-state index in [1.54, 1.807) is 0 Å². The van der Waals surface area contributed by atoms with Crippen molar-refractivity contribution < 1.29 is 0 Å². The molecule has 210 valence electrons. The zero-order valence-corrected chi connectivity index (χ0v) is 25.3. The van der Waals surface area contributed by atoms with Gasteiger partial charge in [0.05, 0.1) is 22.7 Å². The Labute approximate surface area is 235 Å². The van der Waals surface area contributed by atoms with Crippen LogP contribution in [0.2, 0.25) is 0 Å². The highest BCUT2D eigenvalue weighted by Crippen LogP contribution is 2.31. The molecular weight excluding hydrogens is 488 g/mol. The summed E-state index contributed by atoms with van der Waals surface area (Å²) in [6.07, 6.45) is 20.6. The molecule has 0 saturated heterocycles. The van der Waals surface area contributed by atoms with Gasteiger partial charge in [0.1, 0.15) is 5.82 Å². The molecular formula is C31H50N6S. The number of unbranched alkanes of at least 4 members (excludes halogenated alkanes) is 8. The number of anilines is 1. The Morgan fingerprint density at radius 3 is 2.32 bits per heavy atom. The van der Waals surface area contributed by atoms with Crippen LogP contribution < -0.4 is 11.1 Å². The van der Waals surface area contributed by atoms with Crippen molar-refractivity contribution in [3.05, 3.63) is 53.0 Å². The van der Waals surface area contributed by atoms with Gasteiger partial charge in [0.15, 0.2) is 11.5 Å². The molecule has 3 N–H and O–H groups in total. The minimum absolute atomic E-state index is 0.238. The van der Waals surface area contributed by atoms with Crippen LogP contribution in [0.4, 0.5) is 5.82 Å². The summed E-state index contributed by atoms with van der Waals surface area (Å²) in [4.78, 5) is 10.7. The zero-order chi connectivity index (χ0) is 27.9. The lowest BCUT2D eigenvalue weighted by atomic mass is 10.0. The van der Waals surface area contributed by atoms with Crippen LogP contribution in [-0.2, 0) is 0 Å². The van der Waals surface area contributed by atoms with E-state index in [1.807, 2.05) is 17.0 Å². The molecule has 0 aromatic carbocycles. The highest BCUT2D eigenvalue weighted by atomic mass is 32.2. The molecule has 1 atom stereocenters. The highest BCUT2D eigenvalue weighted by molar-refractivity contribution is 8.06. The topological polar surface area (TPSA) is 81.7 Å². The van der Waals surface area contributed by atoms with Crippen molar-refractivity contribution in [2.45, 2.75) is 118 Å². The number of nitrogens with one attached hydrogen (secondary N) is 1. The molecule has 0 spiro atoms. The fourth-order valence-corrected chi connectivity index (χ4v) is 5.04. The molecule has 38 heavy (non-hydrogen) atoms. The molecule has 2 rings (SSSR count). The molecule has 2 heterocycles. The smallest absolute Gasteiger partial charge is 0.164 e. The van der Waals surface area contributed by atoms with Gasteiger partial charge in [0, 0.05) is 10.6 Å². The van der Waals surface area contributed by atoms with Crippen molar-refractivity contribution in [2.24, 2.45) is 5.73 Å². The van der Waals surface area contributed by atoms with Crippen LogP contribution in [0, 0.1) is 0 Å². The quantitative estimate of drug-likeness (QED) is 0.137. The van der Waals surface area contributed by atoms with E-state index in [0.29, 0.717) is 11.5 Å². The summed E-state index contributed by atoms with van der Waals surface area (Å²) in [6.45, 7) is 19.1. The minimum atomic E-state index is 0.238. The number of nitrogens with two attached hydrogens (primary N) is 1. The van der Waals surface area contributed by atoms with Crippen LogP contribution in [0.1, 0.15) is 124 Å². The molecule has 7 heteroatoms. The second-order valence-electron chi connectivity index (χ2n) is 10.0. The summed E-state index contributed by atoms with van der Waals surface area (Å²) in [5.41, 5.74) is 8.78. The Morgan fingerprint density at radius 1 is 1.05 bits per heavy atom. The van der Waals surface area contributed by atoms with Crippen LogP contribution in [0.25, 0.3) is 16.6 Å². The molecule has 0 bridgehead atoms. The summed E-state index contributed by atoms with van der Waals surface area (Å²) in [5, 5.41) is 9.66. The van der Waals surface area contributed by atoms with Crippen molar-refractivity contribution in [1.29, 1.82) is 0 Å². The maximum atomic E-state index is 6.09. The van der Waals surface area contributed by atoms with Crippen LogP contribution in [0.5, 0.6) is 0 Å². The molecule has 0 aliphatic heterocycles. The first-order chi connectivity index (χ1) is 18.4. The lowest BCUT2D eigenvalue weighted by molar-refractivity contribution is 0.489. The Hall–Kier alpha value is -2.54. The first-order valence-corrected chi connectivity index (χ1v) is 15.4. The summed E-state index contributed by atoms with van der Waals surface area (Å²) in [7, 11) is 0. The summed E-state index contributed by atoms with van der Waals surface area (Å²) >= 11 is 1.42. The number of allylic oxidation sites excluding steroid dienone is 3. The third kappa shape index (κ3) is 9.64. The van der Waals surface area contributed by atoms with E-state index in [4.69, 9.17) is 15.7 Å². The first kappa shape index (κ1) is 31.7. The van der Waals surface area contributed by atoms with Gasteiger partial charge >= 0.3 is 0 Å². The van der Waals surface area contributed by atoms with E-state index >= 15 is 0 Å². The Kier molecular flexibility index (Phi) is 14.3. The van der Waals surface area contributed by atoms with Gasteiger partial charge in [-0.25, -0.2) is 14.6 Å². The molecule has 0 fully saturated rings. The van der Waals surface area contributed by atoms with Gasteiger partial charge in [-0.05, 0) is 45.1 Å². The van der Waals surface area contributed by atoms with Crippen molar-refractivity contribution in [1.82, 2.24) is 19.7 Å². The number of rotatable bonds is 19. The predicted molar refractivity (Wildman–Crippen MR) is 168 cm³/mol. The van der Waals surface area contributed by atoms with Gasteiger partial charge in [0.25, 0.3) is 0 Å². The largest absolute Gasteiger partial charge is 0.394 e. The number of hydrogen-bond acceptors (Lipinski definition) is 6. The average molecular weight is 539 g/mol. The normalized spacial score (nSPS) is 13.2. The summed E-state index contributed by atoms with van der Waals surface area (Å²) < 4.78 is 2.01. The zero-order valence-electron chi connectivity index (χ0n) is 24.5. The van der Waals surface area contributed by atoms with Gasteiger partial charge in [-0.3, -0.25) is 0 Å². The first-order valence-electron chi connectivity index (χ1n) is 14.6. The van der Waals surface area contributed by atoms with Gasteiger partial charge < -0.3 is 11.1 Å². The van der Waals surface area contributed by atoms with E-state index < -0.39 is 0 Å². The average Bonchev–Trinajstić information content (AvgIpc) is 3.34. The van der Waals surface area contributed by atoms with E-state index in [-0.39, 0.29) is 6.04 Å². The Bertz CT molecular complexity index is 1100. The van der Waals surface area contributed by atoms with Crippen LogP contribution in [0.15, 0.2) is 47.1 Å². The number of thioether (sulfide) groups is 1. The van der Waals surface area contributed by atoms with Crippen LogP contribution in [0.3, 0.4) is 0 Å². The molecule has 6 nitrogen and oxygen atoms in total. The third-order valence-corrected chi connectivity index (χ3v) is 7.79. The number of aromatic nitrogens is 4. The van der Waals surface area contributed by atoms with Gasteiger partial charge in [-0.15, -0.1) is 0 Å². The SMILES string of the molecule is C=C(Nc1nc(/C(=C/C)CCCCCCCCCCC)nc2c1cnn2C(C)CC)C(=C)S/C(N)=C\CC. The van der Waals surface area contributed by atoms with Crippen LogP contribution >= 0.6 is 11.8 Å². The molecule has 0 aliphatic carbocycles. The molecule has 2 aromatic rings. The minimum Gasteiger partial charge on any atom is -0.394 e. The standard InChI is InChI=1S/C31H50N6S/c1-8-12-13-14-15-16-17-18-19-21-26(11-4)29-35-30(34-24(6)25(7)38-28(32)20-9-2)27-22-33-37(23(5)10-3)31(27)36-29/h11,20,22-23H,6-10,12-19,21,32H2,1-5H3,(H,34,35,36)/b26-11+,28-20-. The van der Waals surface area contributed by atoms with Crippen molar-refractivity contribution in [2.75, 3.05) is 5.32 Å². The molecule has 0 saturated carbocycles. The van der Waals surface area contributed by atoms with E-state index in [2.05, 4.69) is 64.3 Å². The number of nitrogens with zero attached hydrogens (tertiary/aromatic N) is 4. The fraction of sp³-hybridized carbons (Fsp3) is 0.581. The maximum absolute atomic E-state index is 6.09. The molecule has 1 unspecified atom stereocenters. The van der Waals surface area contributed by atoms with Crippen molar-refractivity contribution >= 4 is 34.2 Å². The van der Waals surface area contributed by atoms with Crippen molar-refractivity contribution in [3.63, 3.8) is 0 Å². The third-order valence-electron chi connectivity index (χ3n) is 6.90. The Morgan fingerprint density at radius 2 is 1.71 bits per heavy atom. The lowest BCUT2D eigenvalue weighted by Crippen LogP contribution is -2.10. The number of hydrogen-bond donors (Lipinski definition) is 2. The molecule has 0 amide bonds. The predicted octanol–water partition coefficient (Wildman–Crippen LogP) is 9.50. The highest BCUT2D eigenvalue weighted by Gasteiger charge is 2.18. The van der Waals surface area contributed by atoms with E-state index in [1.165, 1.54) is 68.7 Å². The molecule has 2 aromatic heterocycles. The number of fused-ring (bicyclic) bond motifs is 1. The van der Waals surface area contributed by atoms with Gasteiger partial charge in [-0.1, -0.05) is 109 Å². The van der Waals surface area contributed by atoms with Gasteiger partial charge in [-0.2, -0.15) is 5.10 Å². The molecule has 0 radical (unpaired) electrons. The van der Waals surface area contributed by atoms with E-state index in [9.17, 15) is 0 Å².